The lowest BCUT2D eigenvalue weighted by atomic mass is 10.2. The first-order valence-corrected chi connectivity index (χ1v) is 9.01. The topological polar surface area (TPSA) is 64.7 Å². The molecule has 7 heteroatoms. The highest BCUT2D eigenvalue weighted by Crippen LogP contribution is 2.28. The van der Waals surface area contributed by atoms with E-state index >= 15 is 0 Å². The van der Waals surface area contributed by atoms with Gasteiger partial charge in [-0.1, -0.05) is 12.1 Å². The Kier molecular flexibility index (Phi) is 6.15. The summed E-state index contributed by atoms with van der Waals surface area (Å²) in [5, 5.41) is 5.80. The Bertz CT molecular complexity index is 571. The fourth-order valence-corrected chi connectivity index (χ4v) is 3.16. The molecule has 0 unspecified atom stereocenters. The molecule has 1 aromatic rings. The van der Waals surface area contributed by atoms with Gasteiger partial charge in [-0.2, -0.15) is 0 Å². The summed E-state index contributed by atoms with van der Waals surface area (Å²) in [4.78, 5) is 28.8. The van der Waals surface area contributed by atoms with Gasteiger partial charge < -0.3 is 20.4 Å². The highest BCUT2D eigenvalue weighted by Gasteiger charge is 2.24. The number of carbonyl (C=O) groups excluding carboxylic acids is 2. The molecule has 1 saturated heterocycles. The van der Waals surface area contributed by atoms with Gasteiger partial charge in [0, 0.05) is 37.6 Å². The fraction of sp³-hybridized carbons (Fsp3) is 0.500. The molecule has 4 amide bonds. The molecule has 1 heterocycles. The number of urea groups is 2. The maximum Gasteiger partial charge on any atom is 0.322 e. The van der Waals surface area contributed by atoms with E-state index < -0.39 is 0 Å². The Labute approximate surface area is 141 Å². The standard InChI is InChI=1S/C16H24N4O2S/c1-4-17-15(21)19-8-10-20(11-9-19)16(22)18-14-12(2)6-5-7-13(14)23-3/h5-7H,4,8-11H2,1-3H3,(H,17,21)(H,18,22). The predicted molar refractivity (Wildman–Crippen MR) is 94.2 cm³/mol. The molecule has 6 nitrogen and oxygen atoms in total. The average Bonchev–Trinajstić information content (AvgIpc) is 2.57. The van der Waals surface area contributed by atoms with Crippen LogP contribution in [0.1, 0.15) is 12.5 Å². The van der Waals surface area contributed by atoms with Gasteiger partial charge in [0.15, 0.2) is 0 Å². The fourth-order valence-electron chi connectivity index (χ4n) is 2.53. The van der Waals surface area contributed by atoms with E-state index in [0.717, 1.165) is 16.1 Å². The van der Waals surface area contributed by atoms with Crippen molar-refractivity contribution in [2.24, 2.45) is 0 Å². The van der Waals surface area contributed by atoms with E-state index in [2.05, 4.69) is 10.6 Å². The number of benzene rings is 1. The van der Waals surface area contributed by atoms with Crippen molar-refractivity contribution in [2.45, 2.75) is 18.7 Å². The summed E-state index contributed by atoms with van der Waals surface area (Å²) >= 11 is 1.61. The summed E-state index contributed by atoms with van der Waals surface area (Å²) < 4.78 is 0. The van der Waals surface area contributed by atoms with Gasteiger partial charge in [0.2, 0.25) is 0 Å². The van der Waals surface area contributed by atoms with Gasteiger partial charge in [0.1, 0.15) is 0 Å². The quantitative estimate of drug-likeness (QED) is 0.834. The van der Waals surface area contributed by atoms with E-state index in [4.69, 9.17) is 0 Å². The Hall–Kier alpha value is -1.89. The Morgan fingerprint density at radius 2 is 1.74 bits per heavy atom. The van der Waals surface area contributed by atoms with Crippen LogP contribution in [0, 0.1) is 6.92 Å². The molecule has 0 bridgehead atoms. The van der Waals surface area contributed by atoms with Crippen LogP contribution < -0.4 is 10.6 Å². The zero-order valence-corrected chi connectivity index (χ0v) is 14.7. The minimum Gasteiger partial charge on any atom is -0.338 e. The van der Waals surface area contributed by atoms with Gasteiger partial charge in [-0.25, -0.2) is 9.59 Å². The summed E-state index contributed by atoms with van der Waals surface area (Å²) in [5.41, 5.74) is 1.92. The maximum atomic E-state index is 12.5. The number of para-hydroxylation sites is 1. The van der Waals surface area contributed by atoms with Gasteiger partial charge >= 0.3 is 12.1 Å². The van der Waals surface area contributed by atoms with E-state index in [0.29, 0.717) is 32.7 Å². The third-order valence-electron chi connectivity index (χ3n) is 3.87. The normalized spacial score (nSPS) is 14.6. The van der Waals surface area contributed by atoms with Crippen molar-refractivity contribution in [3.05, 3.63) is 23.8 Å². The molecule has 0 aromatic heterocycles. The number of hydrogen-bond acceptors (Lipinski definition) is 3. The number of thioether (sulfide) groups is 1. The van der Waals surface area contributed by atoms with Crippen molar-refractivity contribution < 1.29 is 9.59 Å². The first kappa shape index (κ1) is 17.5. The van der Waals surface area contributed by atoms with Crippen molar-refractivity contribution in [2.75, 3.05) is 44.3 Å². The van der Waals surface area contributed by atoms with Gasteiger partial charge in [0.05, 0.1) is 5.69 Å². The lowest BCUT2D eigenvalue weighted by Gasteiger charge is -2.34. The molecule has 1 aliphatic heterocycles. The van der Waals surface area contributed by atoms with Crippen LogP contribution in [0.2, 0.25) is 0 Å². The highest BCUT2D eigenvalue weighted by atomic mass is 32.2. The summed E-state index contributed by atoms with van der Waals surface area (Å²) in [6, 6.07) is 5.81. The predicted octanol–water partition coefficient (Wildman–Crippen LogP) is 2.60. The average molecular weight is 336 g/mol. The summed E-state index contributed by atoms with van der Waals surface area (Å²) in [6.45, 7) is 6.71. The van der Waals surface area contributed by atoms with E-state index in [-0.39, 0.29) is 12.1 Å². The number of anilines is 1. The Morgan fingerprint density at radius 3 is 2.30 bits per heavy atom. The van der Waals surface area contributed by atoms with Crippen molar-refractivity contribution >= 4 is 29.5 Å². The molecule has 126 valence electrons. The van der Waals surface area contributed by atoms with Crippen LogP contribution in [-0.2, 0) is 0 Å². The van der Waals surface area contributed by atoms with Crippen LogP contribution >= 0.6 is 11.8 Å². The SMILES string of the molecule is CCNC(=O)N1CCN(C(=O)Nc2c(C)cccc2SC)CC1. The van der Waals surface area contributed by atoms with Crippen LogP contribution in [0.5, 0.6) is 0 Å². The highest BCUT2D eigenvalue weighted by molar-refractivity contribution is 7.98. The molecule has 1 aliphatic rings. The zero-order valence-electron chi connectivity index (χ0n) is 13.9. The lowest BCUT2D eigenvalue weighted by Crippen LogP contribution is -2.54. The van der Waals surface area contributed by atoms with E-state index in [1.807, 2.05) is 38.3 Å². The Balaban J connectivity index is 1.95. The second-order valence-electron chi connectivity index (χ2n) is 5.39. The van der Waals surface area contributed by atoms with Crippen LogP contribution in [0.25, 0.3) is 0 Å². The number of carbonyl (C=O) groups is 2. The minimum absolute atomic E-state index is 0.0591. The van der Waals surface area contributed by atoms with Gasteiger partial charge in [-0.05, 0) is 31.7 Å². The zero-order chi connectivity index (χ0) is 16.8. The maximum absolute atomic E-state index is 12.5. The molecule has 1 aromatic carbocycles. The van der Waals surface area contributed by atoms with Crippen molar-refractivity contribution in [3.8, 4) is 0 Å². The molecule has 23 heavy (non-hydrogen) atoms. The molecule has 0 aliphatic carbocycles. The number of aryl methyl sites for hydroxylation is 1. The van der Waals surface area contributed by atoms with Crippen molar-refractivity contribution in [1.82, 2.24) is 15.1 Å². The molecular weight excluding hydrogens is 312 g/mol. The van der Waals surface area contributed by atoms with E-state index in [9.17, 15) is 9.59 Å². The lowest BCUT2D eigenvalue weighted by molar-refractivity contribution is 0.149. The smallest absolute Gasteiger partial charge is 0.322 e. The number of amides is 4. The molecule has 2 N–H and O–H groups in total. The monoisotopic (exact) mass is 336 g/mol. The summed E-state index contributed by atoms with van der Waals surface area (Å²) in [6.07, 6.45) is 2.00. The van der Waals surface area contributed by atoms with E-state index in [1.165, 1.54) is 0 Å². The third-order valence-corrected chi connectivity index (χ3v) is 4.65. The largest absolute Gasteiger partial charge is 0.338 e. The second kappa shape index (κ2) is 8.10. The first-order valence-electron chi connectivity index (χ1n) is 7.79. The van der Waals surface area contributed by atoms with Crippen LogP contribution in [0.3, 0.4) is 0 Å². The van der Waals surface area contributed by atoms with Gasteiger partial charge in [-0.15, -0.1) is 11.8 Å². The molecule has 0 spiro atoms. The Morgan fingerprint density at radius 1 is 1.13 bits per heavy atom. The minimum atomic E-state index is -0.106. The molecule has 1 fully saturated rings. The number of nitrogens with one attached hydrogen (secondary N) is 2. The molecule has 0 radical (unpaired) electrons. The van der Waals surface area contributed by atoms with Gasteiger partial charge in [-0.3, -0.25) is 0 Å². The second-order valence-corrected chi connectivity index (χ2v) is 6.24. The van der Waals surface area contributed by atoms with Crippen LogP contribution in [-0.4, -0.2) is 60.8 Å². The first-order chi connectivity index (χ1) is 11.1. The van der Waals surface area contributed by atoms with Crippen molar-refractivity contribution in [1.29, 1.82) is 0 Å². The summed E-state index contributed by atoms with van der Waals surface area (Å²) in [5.74, 6) is 0. The van der Waals surface area contributed by atoms with Gasteiger partial charge in [0.25, 0.3) is 0 Å². The van der Waals surface area contributed by atoms with Crippen LogP contribution in [0.4, 0.5) is 15.3 Å². The molecular formula is C16H24N4O2S. The number of rotatable bonds is 3. The number of hydrogen-bond donors (Lipinski definition) is 2. The van der Waals surface area contributed by atoms with E-state index in [1.54, 1.807) is 21.6 Å². The third kappa shape index (κ3) is 4.31. The van der Waals surface area contributed by atoms with Crippen LogP contribution in [0.15, 0.2) is 23.1 Å². The molecule has 0 atom stereocenters. The number of nitrogens with zero attached hydrogens (tertiary/aromatic N) is 2. The molecule has 2 rings (SSSR count). The van der Waals surface area contributed by atoms with Crippen molar-refractivity contribution in [3.63, 3.8) is 0 Å². The molecule has 0 saturated carbocycles. The summed E-state index contributed by atoms with van der Waals surface area (Å²) in [7, 11) is 0. The number of piperazine rings is 1.